The molecule has 4 nitrogen and oxygen atoms in total. The second-order valence-electron chi connectivity index (χ2n) is 2.35. The fourth-order valence-electron chi connectivity index (χ4n) is 0.761. The summed E-state index contributed by atoms with van der Waals surface area (Å²) in [7, 11) is 0. The third kappa shape index (κ3) is 2.99. The van der Waals surface area contributed by atoms with Crippen LogP contribution in [-0.4, -0.2) is 11.3 Å². The Morgan fingerprint density at radius 2 is 2.13 bits per heavy atom. The van der Waals surface area contributed by atoms with E-state index >= 15 is 0 Å². The third-order valence-corrected chi connectivity index (χ3v) is 1.89. The number of hydrogen-bond acceptors (Lipinski definition) is 3. The number of H-pyrrole nitrogens is 1. The second-order valence-corrected chi connectivity index (χ2v) is 3.20. The summed E-state index contributed by atoms with van der Waals surface area (Å²) in [6.45, 7) is 0. The lowest BCUT2D eigenvalue weighted by Gasteiger charge is -2.09. The fraction of sp³-hybridized carbons (Fsp3) is 0.143. The highest BCUT2D eigenvalue weighted by Gasteiger charge is 2.32. The maximum Gasteiger partial charge on any atom is 0.574 e. The van der Waals surface area contributed by atoms with Gasteiger partial charge in [0.25, 0.3) is 5.56 Å². The number of pyridine rings is 1. The van der Waals surface area contributed by atoms with E-state index < -0.39 is 17.8 Å². The molecule has 0 aromatic carbocycles. The predicted molar refractivity (Wildman–Crippen MR) is 46.2 cm³/mol. The van der Waals surface area contributed by atoms with Gasteiger partial charge < -0.3 is 4.74 Å². The van der Waals surface area contributed by atoms with Crippen LogP contribution in [0.2, 0.25) is 0 Å². The average Bonchev–Trinajstić information content (AvgIpc) is 2.08. The van der Waals surface area contributed by atoms with Crippen LogP contribution in [-0.2, 0) is 0 Å². The van der Waals surface area contributed by atoms with E-state index in [9.17, 15) is 18.0 Å². The van der Waals surface area contributed by atoms with Crippen LogP contribution in [0.4, 0.5) is 13.2 Å². The molecule has 0 aliphatic heterocycles. The van der Waals surface area contributed by atoms with E-state index in [1.54, 1.807) is 4.98 Å². The molecule has 0 bridgehead atoms. The van der Waals surface area contributed by atoms with Crippen molar-refractivity contribution in [2.45, 2.75) is 6.36 Å². The molecule has 1 N–H and O–H groups in total. The Morgan fingerprint density at radius 3 is 2.60 bits per heavy atom. The zero-order chi connectivity index (χ0) is 11.6. The van der Waals surface area contributed by atoms with Gasteiger partial charge in [0.1, 0.15) is 11.6 Å². The maximum atomic E-state index is 11.8. The van der Waals surface area contributed by atoms with Crippen molar-refractivity contribution in [3.63, 3.8) is 0 Å². The quantitative estimate of drug-likeness (QED) is 0.856. The first kappa shape index (κ1) is 11.6. The smallest absolute Gasteiger partial charge is 0.389 e. The van der Waals surface area contributed by atoms with Gasteiger partial charge in [-0.05, 0) is 22.0 Å². The Kier molecular flexibility index (Phi) is 3.04. The average molecular weight is 283 g/mol. The van der Waals surface area contributed by atoms with E-state index in [1.807, 2.05) is 0 Å². The summed E-state index contributed by atoms with van der Waals surface area (Å²) in [5.74, 6) is -0.786. The Morgan fingerprint density at radius 1 is 1.53 bits per heavy atom. The van der Waals surface area contributed by atoms with Crippen molar-refractivity contribution in [3.8, 4) is 11.9 Å². The minimum absolute atomic E-state index is 0.157. The first-order valence-electron chi connectivity index (χ1n) is 3.42. The highest BCUT2D eigenvalue weighted by Crippen LogP contribution is 2.27. The zero-order valence-corrected chi connectivity index (χ0v) is 8.44. The topological polar surface area (TPSA) is 65.9 Å². The fourth-order valence-corrected chi connectivity index (χ4v) is 1.17. The molecule has 0 saturated carbocycles. The molecule has 1 rings (SSSR count). The van der Waals surface area contributed by atoms with Crippen LogP contribution in [0, 0.1) is 11.3 Å². The van der Waals surface area contributed by atoms with E-state index in [-0.39, 0.29) is 10.0 Å². The Hall–Kier alpha value is -1.49. The lowest BCUT2D eigenvalue weighted by molar-refractivity contribution is -0.276. The molecule has 0 saturated heterocycles. The second kappa shape index (κ2) is 3.94. The van der Waals surface area contributed by atoms with Gasteiger partial charge in [-0.3, -0.25) is 9.78 Å². The molecule has 0 fully saturated rings. The van der Waals surface area contributed by atoms with Crippen molar-refractivity contribution in [1.29, 1.82) is 5.26 Å². The number of nitrogens with zero attached hydrogens (tertiary/aromatic N) is 1. The van der Waals surface area contributed by atoms with Crippen molar-refractivity contribution < 1.29 is 17.9 Å². The van der Waals surface area contributed by atoms with Crippen LogP contribution in [0.15, 0.2) is 15.3 Å². The van der Waals surface area contributed by atoms with Crippen molar-refractivity contribution in [2.24, 2.45) is 0 Å². The maximum absolute atomic E-state index is 11.8. The van der Waals surface area contributed by atoms with Gasteiger partial charge in [-0.2, -0.15) is 5.26 Å². The third-order valence-electron chi connectivity index (χ3n) is 1.30. The number of nitriles is 1. The monoisotopic (exact) mass is 282 g/mol. The van der Waals surface area contributed by atoms with E-state index in [1.165, 1.54) is 6.07 Å². The minimum atomic E-state index is -4.90. The normalized spacial score (nSPS) is 10.9. The number of aromatic amines is 1. The molecule has 8 heteroatoms. The molecule has 0 atom stereocenters. The van der Waals surface area contributed by atoms with Gasteiger partial charge in [0, 0.05) is 0 Å². The lowest BCUT2D eigenvalue weighted by atomic mass is 10.3. The van der Waals surface area contributed by atoms with E-state index in [0.29, 0.717) is 0 Å². The van der Waals surface area contributed by atoms with Crippen molar-refractivity contribution in [2.75, 3.05) is 0 Å². The van der Waals surface area contributed by atoms with Crippen LogP contribution in [0.1, 0.15) is 5.56 Å². The largest absolute Gasteiger partial charge is 0.574 e. The van der Waals surface area contributed by atoms with Gasteiger partial charge in [0.2, 0.25) is 5.88 Å². The van der Waals surface area contributed by atoms with Crippen LogP contribution < -0.4 is 10.3 Å². The van der Waals surface area contributed by atoms with Gasteiger partial charge in [-0.1, -0.05) is 0 Å². The summed E-state index contributed by atoms with van der Waals surface area (Å²) >= 11 is 2.73. The molecule has 0 unspecified atom stereocenters. The highest BCUT2D eigenvalue weighted by molar-refractivity contribution is 9.10. The highest BCUT2D eigenvalue weighted by atomic mass is 79.9. The summed E-state index contributed by atoms with van der Waals surface area (Å²) in [6, 6.07) is 2.46. The number of alkyl halides is 3. The van der Waals surface area contributed by atoms with Crippen molar-refractivity contribution in [1.82, 2.24) is 4.98 Å². The molecule has 80 valence electrons. The molecule has 1 aromatic heterocycles. The lowest BCUT2D eigenvalue weighted by Crippen LogP contribution is -2.21. The summed E-state index contributed by atoms with van der Waals surface area (Å²) in [4.78, 5) is 12.7. The minimum Gasteiger partial charge on any atom is -0.389 e. The van der Waals surface area contributed by atoms with Crippen LogP contribution in [0.25, 0.3) is 0 Å². The summed E-state index contributed by atoms with van der Waals surface area (Å²) in [6.07, 6.45) is -4.90. The molecular weight excluding hydrogens is 281 g/mol. The van der Waals surface area contributed by atoms with E-state index in [4.69, 9.17) is 5.26 Å². The molecule has 0 spiro atoms. The molecule has 1 heterocycles. The molecule has 0 radical (unpaired) electrons. The van der Waals surface area contributed by atoms with Crippen molar-refractivity contribution >= 4 is 15.9 Å². The van der Waals surface area contributed by atoms with E-state index in [2.05, 4.69) is 20.7 Å². The van der Waals surface area contributed by atoms with Crippen LogP contribution in [0.5, 0.6) is 5.88 Å². The Balaban J connectivity index is 3.19. The molecule has 15 heavy (non-hydrogen) atoms. The number of ether oxygens (including phenoxy) is 1. The summed E-state index contributed by atoms with van der Waals surface area (Å²) in [5.41, 5.74) is -1.25. The first-order valence-corrected chi connectivity index (χ1v) is 4.21. The molecular formula is C7H2BrF3N2O2. The predicted octanol–water partition coefficient (Wildman–Crippen LogP) is 1.91. The number of hydrogen-bond donors (Lipinski definition) is 1. The zero-order valence-electron chi connectivity index (χ0n) is 6.85. The molecule has 0 amide bonds. The first-order chi connectivity index (χ1) is 6.83. The number of aromatic nitrogens is 1. The number of rotatable bonds is 1. The Labute approximate surface area is 89.4 Å². The van der Waals surface area contributed by atoms with Gasteiger partial charge >= 0.3 is 6.36 Å². The Bertz CT molecular complexity index is 475. The molecule has 0 aliphatic carbocycles. The van der Waals surface area contributed by atoms with Gasteiger partial charge in [-0.25, -0.2) is 0 Å². The summed E-state index contributed by atoms with van der Waals surface area (Å²) in [5, 5.41) is 8.41. The van der Waals surface area contributed by atoms with Crippen molar-refractivity contribution in [3.05, 3.63) is 26.5 Å². The van der Waals surface area contributed by atoms with Gasteiger partial charge in [0.05, 0.1) is 4.47 Å². The summed E-state index contributed by atoms with van der Waals surface area (Å²) < 4.78 is 38.8. The standard InChI is InChI=1S/C7H2BrF3N2O2/c8-4-1-3(2-12)5(14)13-6(4)15-7(9,10)11/h1H,(H,13,14). The van der Waals surface area contributed by atoms with Crippen LogP contribution >= 0.6 is 15.9 Å². The number of nitrogens with one attached hydrogen (secondary N) is 1. The molecule has 0 aliphatic rings. The number of halogens is 4. The molecule has 1 aromatic rings. The van der Waals surface area contributed by atoms with E-state index in [0.717, 1.165) is 6.07 Å². The van der Waals surface area contributed by atoms with Gasteiger partial charge in [0.15, 0.2) is 0 Å². The SMILES string of the molecule is N#Cc1cc(Br)c(OC(F)(F)F)[nH]c1=O. The van der Waals surface area contributed by atoms with Gasteiger partial charge in [-0.15, -0.1) is 13.2 Å². The van der Waals surface area contributed by atoms with Crippen LogP contribution in [0.3, 0.4) is 0 Å².